The predicted octanol–water partition coefficient (Wildman–Crippen LogP) is 3.68. The molecule has 0 radical (unpaired) electrons. The zero-order chi connectivity index (χ0) is 13.9. The lowest BCUT2D eigenvalue weighted by Crippen LogP contribution is -1.98. The maximum atomic E-state index is 5.75. The third-order valence-electron chi connectivity index (χ3n) is 3.40. The standard InChI is InChI=1S/C16H20N2O2/c1-3-19-14-6-5-7-15(20-4-2)16(14)12-10-17-18(11-12)13-8-9-13/h5-7,10-11,13H,3-4,8-9H2,1-2H3. The van der Waals surface area contributed by atoms with Gasteiger partial charge in [0, 0.05) is 11.8 Å². The molecule has 0 spiro atoms. The minimum Gasteiger partial charge on any atom is -0.493 e. The van der Waals surface area contributed by atoms with Gasteiger partial charge in [0.2, 0.25) is 0 Å². The topological polar surface area (TPSA) is 36.3 Å². The fourth-order valence-electron chi connectivity index (χ4n) is 2.35. The quantitative estimate of drug-likeness (QED) is 0.804. The van der Waals surface area contributed by atoms with Crippen molar-refractivity contribution in [3.05, 3.63) is 30.6 Å². The van der Waals surface area contributed by atoms with Gasteiger partial charge in [-0.3, -0.25) is 4.68 Å². The number of hydrogen-bond donors (Lipinski definition) is 0. The third-order valence-corrected chi connectivity index (χ3v) is 3.40. The average molecular weight is 272 g/mol. The van der Waals surface area contributed by atoms with E-state index >= 15 is 0 Å². The lowest BCUT2D eigenvalue weighted by Gasteiger charge is -2.13. The van der Waals surface area contributed by atoms with Crippen molar-refractivity contribution in [1.29, 1.82) is 0 Å². The first-order chi connectivity index (χ1) is 9.83. The Morgan fingerprint density at radius 3 is 2.35 bits per heavy atom. The molecule has 0 aliphatic heterocycles. The summed E-state index contributed by atoms with van der Waals surface area (Å²) in [5, 5.41) is 4.46. The van der Waals surface area contributed by atoms with Crippen LogP contribution in [0.4, 0.5) is 0 Å². The van der Waals surface area contributed by atoms with Crippen LogP contribution in [0.15, 0.2) is 30.6 Å². The van der Waals surface area contributed by atoms with Crippen molar-refractivity contribution in [1.82, 2.24) is 9.78 Å². The van der Waals surface area contributed by atoms with Crippen LogP contribution < -0.4 is 9.47 Å². The highest BCUT2D eigenvalue weighted by Gasteiger charge is 2.25. The Kier molecular flexibility index (Phi) is 3.63. The summed E-state index contributed by atoms with van der Waals surface area (Å²) in [4.78, 5) is 0. The van der Waals surface area contributed by atoms with Crippen molar-refractivity contribution >= 4 is 0 Å². The van der Waals surface area contributed by atoms with Crippen molar-refractivity contribution < 1.29 is 9.47 Å². The van der Waals surface area contributed by atoms with E-state index in [-0.39, 0.29) is 0 Å². The van der Waals surface area contributed by atoms with Crippen molar-refractivity contribution in [2.45, 2.75) is 32.7 Å². The van der Waals surface area contributed by atoms with Gasteiger partial charge in [-0.15, -0.1) is 0 Å². The summed E-state index contributed by atoms with van der Waals surface area (Å²) in [6.45, 7) is 5.26. The fourth-order valence-corrected chi connectivity index (χ4v) is 2.35. The second-order valence-electron chi connectivity index (χ2n) is 4.94. The van der Waals surface area contributed by atoms with E-state index in [9.17, 15) is 0 Å². The van der Waals surface area contributed by atoms with Gasteiger partial charge in [0.25, 0.3) is 0 Å². The minimum absolute atomic E-state index is 0.582. The Morgan fingerprint density at radius 1 is 1.15 bits per heavy atom. The van der Waals surface area contributed by atoms with E-state index in [1.165, 1.54) is 12.8 Å². The Morgan fingerprint density at radius 2 is 1.80 bits per heavy atom. The number of nitrogens with zero attached hydrogens (tertiary/aromatic N) is 2. The van der Waals surface area contributed by atoms with Gasteiger partial charge in [-0.25, -0.2) is 0 Å². The summed E-state index contributed by atoms with van der Waals surface area (Å²) in [6, 6.07) is 6.51. The molecule has 1 heterocycles. The fraction of sp³-hybridized carbons (Fsp3) is 0.438. The monoisotopic (exact) mass is 272 g/mol. The summed E-state index contributed by atoms with van der Waals surface area (Å²) in [5.41, 5.74) is 2.06. The summed E-state index contributed by atoms with van der Waals surface area (Å²) >= 11 is 0. The second-order valence-corrected chi connectivity index (χ2v) is 4.94. The molecule has 4 nitrogen and oxygen atoms in total. The van der Waals surface area contributed by atoms with Crippen LogP contribution in [0.5, 0.6) is 11.5 Å². The van der Waals surface area contributed by atoms with Gasteiger partial charge in [-0.05, 0) is 38.8 Å². The Hall–Kier alpha value is -1.97. The normalized spacial score (nSPS) is 14.3. The van der Waals surface area contributed by atoms with Crippen LogP contribution in [0.1, 0.15) is 32.7 Å². The highest BCUT2D eigenvalue weighted by Crippen LogP contribution is 2.40. The second kappa shape index (κ2) is 5.57. The molecule has 0 saturated heterocycles. The van der Waals surface area contributed by atoms with Gasteiger partial charge in [0.15, 0.2) is 0 Å². The molecule has 0 atom stereocenters. The molecular formula is C16H20N2O2. The molecule has 1 aliphatic carbocycles. The van der Waals surface area contributed by atoms with Crippen LogP contribution in [-0.4, -0.2) is 23.0 Å². The molecule has 2 aromatic rings. The van der Waals surface area contributed by atoms with Gasteiger partial charge >= 0.3 is 0 Å². The number of benzene rings is 1. The Balaban J connectivity index is 2.02. The SMILES string of the molecule is CCOc1cccc(OCC)c1-c1cnn(C2CC2)c1. The first-order valence-electron chi connectivity index (χ1n) is 7.26. The summed E-state index contributed by atoms with van der Waals surface area (Å²) in [5.74, 6) is 1.71. The maximum Gasteiger partial charge on any atom is 0.130 e. The van der Waals surface area contributed by atoms with Gasteiger partial charge in [-0.2, -0.15) is 5.10 Å². The number of ether oxygens (including phenoxy) is 2. The van der Waals surface area contributed by atoms with E-state index in [1.54, 1.807) is 0 Å². The van der Waals surface area contributed by atoms with Crippen LogP contribution >= 0.6 is 0 Å². The molecule has 1 aromatic carbocycles. The molecule has 1 fully saturated rings. The van der Waals surface area contributed by atoms with E-state index in [1.807, 2.05) is 42.9 Å². The Labute approximate surface area is 119 Å². The maximum absolute atomic E-state index is 5.75. The van der Waals surface area contributed by atoms with E-state index in [0.717, 1.165) is 22.6 Å². The minimum atomic E-state index is 0.582. The smallest absolute Gasteiger partial charge is 0.130 e. The molecule has 4 heteroatoms. The van der Waals surface area contributed by atoms with E-state index in [0.29, 0.717) is 19.3 Å². The first kappa shape index (κ1) is 13.0. The molecule has 0 N–H and O–H groups in total. The van der Waals surface area contributed by atoms with Crippen LogP contribution in [0.3, 0.4) is 0 Å². The molecular weight excluding hydrogens is 252 g/mol. The summed E-state index contributed by atoms with van der Waals surface area (Å²) < 4.78 is 13.5. The van der Waals surface area contributed by atoms with Crippen molar-refractivity contribution in [2.75, 3.05) is 13.2 Å². The molecule has 1 aromatic heterocycles. The number of rotatable bonds is 6. The van der Waals surface area contributed by atoms with Crippen molar-refractivity contribution in [2.24, 2.45) is 0 Å². The molecule has 3 rings (SSSR count). The molecule has 20 heavy (non-hydrogen) atoms. The van der Waals surface area contributed by atoms with Crippen molar-refractivity contribution in [3.63, 3.8) is 0 Å². The molecule has 0 unspecified atom stereocenters. The average Bonchev–Trinajstić information content (AvgIpc) is 3.19. The molecule has 106 valence electrons. The van der Waals surface area contributed by atoms with Gasteiger partial charge in [-0.1, -0.05) is 6.07 Å². The zero-order valence-electron chi connectivity index (χ0n) is 12.0. The molecule has 0 amide bonds. The molecule has 0 bridgehead atoms. The van der Waals surface area contributed by atoms with Gasteiger partial charge in [0.1, 0.15) is 11.5 Å². The largest absolute Gasteiger partial charge is 0.493 e. The highest BCUT2D eigenvalue weighted by molar-refractivity contribution is 5.76. The number of aromatic nitrogens is 2. The van der Waals surface area contributed by atoms with Crippen LogP contribution in [0.2, 0.25) is 0 Å². The summed E-state index contributed by atoms with van der Waals surface area (Å²) in [7, 11) is 0. The summed E-state index contributed by atoms with van der Waals surface area (Å²) in [6.07, 6.45) is 6.45. The van der Waals surface area contributed by atoms with E-state index in [2.05, 4.69) is 11.3 Å². The van der Waals surface area contributed by atoms with Gasteiger partial charge in [0.05, 0.1) is 31.0 Å². The van der Waals surface area contributed by atoms with Crippen molar-refractivity contribution in [3.8, 4) is 22.6 Å². The lowest BCUT2D eigenvalue weighted by atomic mass is 10.1. The zero-order valence-corrected chi connectivity index (χ0v) is 12.0. The lowest BCUT2D eigenvalue weighted by molar-refractivity contribution is 0.326. The molecule has 1 aliphatic rings. The van der Waals surface area contributed by atoms with Crippen LogP contribution in [0.25, 0.3) is 11.1 Å². The predicted molar refractivity (Wildman–Crippen MR) is 78.3 cm³/mol. The Bertz CT molecular complexity index is 564. The number of hydrogen-bond acceptors (Lipinski definition) is 3. The van der Waals surface area contributed by atoms with Crippen LogP contribution in [-0.2, 0) is 0 Å². The van der Waals surface area contributed by atoms with E-state index < -0.39 is 0 Å². The van der Waals surface area contributed by atoms with Crippen LogP contribution in [0, 0.1) is 0 Å². The third kappa shape index (κ3) is 2.50. The first-order valence-corrected chi connectivity index (χ1v) is 7.26. The van der Waals surface area contributed by atoms with Gasteiger partial charge < -0.3 is 9.47 Å². The highest BCUT2D eigenvalue weighted by atomic mass is 16.5. The molecule has 1 saturated carbocycles. The van der Waals surface area contributed by atoms with E-state index in [4.69, 9.17) is 9.47 Å².